The molecule has 0 fully saturated rings. The number of benzene rings is 1. The van der Waals surface area contributed by atoms with Gasteiger partial charge in [0.05, 0.1) is 5.56 Å². The van der Waals surface area contributed by atoms with Crippen LogP contribution in [0.1, 0.15) is 28.7 Å². The van der Waals surface area contributed by atoms with Gasteiger partial charge in [0.1, 0.15) is 5.82 Å². The molecule has 0 unspecified atom stereocenters. The molecule has 0 aliphatic carbocycles. The molecular formula is C18H13F6N5O2. The molecule has 3 N–H and O–H groups in total. The second-order valence-electron chi connectivity index (χ2n) is 6.56. The lowest BCUT2D eigenvalue weighted by atomic mass is 9.84. The summed E-state index contributed by atoms with van der Waals surface area (Å²) in [7, 11) is 0. The first-order valence-corrected chi connectivity index (χ1v) is 8.36. The number of aliphatic imine (C=N–C) groups is 1. The maximum absolute atomic E-state index is 14.7. The molecule has 7 nitrogen and oxygen atoms in total. The van der Waals surface area contributed by atoms with E-state index >= 15 is 0 Å². The Kier molecular flexibility index (Phi) is 5.16. The molecule has 1 amide bonds. The van der Waals surface area contributed by atoms with Crippen LogP contribution in [0.5, 0.6) is 0 Å². The average molecular weight is 445 g/mol. The van der Waals surface area contributed by atoms with Crippen molar-refractivity contribution in [2.24, 2.45) is 10.7 Å². The molecule has 13 heteroatoms. The van der Waals surface area contributed by atoms with Crippen LogP contribution < -0.4 is 11.1 Å². The summed E-state index contributed by atoms with van der Waals surface area (Å²) >= 11 is 0. The highest BCUT2D eigenvalue weighted by atomic mass is 19.4. The summed E-state index contributed by atoms with van der Waals surface area (Å²) in [6.07, 6.45) is -3.88. The Balaban J connectivity index is 1.94. The minimum absolute atomic E-state index is 0.173. The summed E-state index contributed by atoms with van der Waals surface area (Å²) in [4.78, 5) is 22.4. The molecule has 0 saturated carbocycles. The molecule has 164 valence electrons. The van der Waals surface area contributed by atoms with Gasteiger partial charge in [-0.2, -0.15) is 22.0 Å². The standard InChI is InChI=1S/C18H13F6N5O2/c1-8-17(20,21)16(2,29-15(25)31-8)11-5-10(3-4-12(11)19)28-14(30)13-26-6-9(7-27-13)18(22,23)24/h3-7H,1H2,2H3,(H2,25,29)(H,28,30)/t16-/m1/s1. The van der Waals surface area contributed by atoms with Crippen molar-refractivity contribution in [3.63, 3.8) is 0 Å². The summed E-state index contributed by atoms with van der Waals surface area (Å²) in [5.74, 6) is -7.68. The fourth-order valence-electron chi connectivity index (χ4n) is 2.76. The van der Waals surface area contributed by atoms with Crippen molar-refractivity contribution in [1.29, 1.82) is 0 Å². The molecular weight excluding hydrogens is 432 g/mol. The Morgan fingerprint density at radius 1 is 1.23 bits per heavy atom. The van der Waals surface area contributed by atoms with E-state index in [1.165, 1.54) is 0 Å². The predicted octanol–water partition coefficient (Wildman–Crippen LogP) is 3.60. The molecule has 0 saturated heterocycles. The van der Waals surface area contributed by atoms with Crippen LogP contribution in [0.4, 0.5) is 32.0 Å². The number of amidine groups is 1. The van der Waals surface area contributed by atoms with E-state index in [-0.39, 0.29) is 5.69 Å². The molecule has 1 aromatic carbocycles. The van der Waals surface area contributed by atoms with Crippen molar-refractivity contribution in [2.75, 3.05) is 5.32 Å². The van der Waals surface area contributed by atoms with Crippen LogP contribution in [0, 0.1) is 5.82 Å². The van der Waals surface area contributed by atoms with Crippen molar-refractivity contribution < 1.29 is 35.9 Å². The van der Waals surface area contributed by atoms with Gasteiger partial charge in [0.25, 0.3) is 11.9 Å². The number of ether oxygens (including phenoxy) is 1. The molecule has 3 rings (SSSR count). The molecule has 2 heterocycles. The molecule has 0 bridgehead atoms. The molecule has 31 heavy (non-hydrogen) atoms. The van der Waals surface area contributed by atoms with Gasteiger partial charge in [-0.05, 0) is 25.1 Å². The number of amides is 1. The third-order valence-corrected chi connectivity index (χ3v) is 4.45. The zero-order chi connectivity index (χ0) is 23.2. The number of halogens is 6. The number of rotatable bonds is 3. The highest BCUT2D eigenvalue weighted by molar-refractivity contribution is 6.01. The van der Waals surface area contributed by atoms with Gasteiger partial charge >= 0.3 is 12.1 Å². The largest absolute Gasteiger partial charge is 0.425 e. The molecule has 1 atom stereocenters. The smallest absolute Gasteiger partial charge is 0.419 e. The third kappa shape index (κ3) is 3.90. The normalized spacial score (nSPS) is 20.6. The van der Waals surface area contributed by atoms with Gasteiger partial charge in [-0.1, -0.05) is 6.58 Å². The predicted molar refractivity (Wildman–Crippen MR) is 95.5 cm³/mol. The SMILES string of the molecule is C=C1OC(N)=N[C@](C)(c2cc(NC(=O)c3ncc(C(F)(F)F)cn3)ccc2F)C1(F)F. The maximum atomic E-state index is 14.7. The van der Waals surface area contributed by atoms with Crippen LogP contribution in [-0.4, -0.2) is 27.8 Å². The first-order valence-electron chi connectivity index (χ1n) is 8.36. The second-order valence-corrected chi connectivity index (χ2v) is 6.56. The van der Waals surface area contributed by atoms with Crippen LogP contribution in [-0.2, 0) is 16.5 Å². The van der Waals surface area contributed by atoms with Crippen molar-refractivity contribution in [1.82, 2.24) is 9.97 Å². The highest BCUT2D eigenvalue weighted by Crippen LogP contribution is 2.48. The third-order valence-electron chi connectivity index (χ3n) is 4.45. The van der Waals surface area contributed by atoms with Gasteiger partial charge in [0.15, 0.2) is 11.3 Å². The summed E-state index contributed by atoms with van der Waals surface area (Å²) in [5, 5.41) is 2.20. The van der Waals surface area contributed by atoms with Gasteiger partial charge in [0.2, 0.25) is 5.82 Å². The number of nitrogens with zero attached hydrogens (tertiary/aromatic N) is 3. The first kappa shape index (κ1) is 22.1. The van der Waals surface area contributed by atoms with E-state index in [9.17, 15) is 31.1 Å². The number of anilines is 1. The molecule has 0 radical (unpaired) electrons. The van der Waals surface area contributed by atoms with Gasteiger partial charge in [-0.25, -0.2) is 19.4 Å². The van der Waals surface area contributed by atoms with E-state index in [4.69, 9.17) is 5.73 Å². The number of hydrogen-bond acceptors (Lipinski definition) is 6. The Morgan fingerprint density at radius 2 is 1.84 bits per heavy atom. The fourth-order valence-corrected chi connectivity index (χ4v) is 2.76. The first-order chi connectivity index (χ1) is 14.3. The topological polar surface area (TPSA) is 102 Å². The Morgan fingerprint density at radius 3 is 2.42 bits per heavy atom. The van der Waals surface area contributed by atoms with E-state index in [0.717, 1.165) is 25.1 Å². The number of nitrogens with two attached hydrogens (primary N) is 1. The number of carbonyl (C=O) groups is 1. The molecule has 1 aromatic heterocycles. The highest BCUT2D eigenvalue weighted by Gasteiger charge is 2.59. The average Bonchev–Trinajstić information content (AvgIpc) is 2.67. The number of hydrogen-bond donors (Lipinski definition) is 2. The molecule has 0 spiro atoms. The zero-order valence-corrected chi connectivity index (χ0v) is 15.6. The van der Waals surface area contributed by atoms with Crippen molar-refractivity contribution in [3.05, 3.63) is 65.7 Å². The molecule has 1 aliphatic rings. The number of aromatic nitrogens is 2. The Bertz CT molecular complexity index is 1080. The summed E-state index contributed by atoms with van der Waals surface area (Å²) in [6.45, 7) is 3.98. The van der Waals surface area contributed by atoms with E-state index in [0.29, 0.717) is 12.4 Å². The minimum Gasteiger partial charge on any atom is -0.425 e. The van der Waals surface area contributed by atoms with Crippen LogP contribution in [0.25, 0.3) is 0 Å². The van der Waals surface area contributed by atoms with Crippen LogP contribution >= 0.6 is 0 Å². The van der Waals surface area contributed by atoms with Gasteiger partial charge < -0.3 is 15.8 Å². The minimum atomic E-state index is -4.70. The van der Waals surface area contributed by atoms with Gasteiger partial charge in [0, 0.05) is 23.6 Å². The van der Waals surface area contributed by atoms with E-state index in [1.807, 2.05) is 0 Å². The van der Waals surface area contributed by atoms with Crippen molar-refractivity contribution in [2.45, 2.75) is 24.6 Å². The summed E-state index contributed by atoms with van der Waals surface area (Å²) < 4.78 is 86.2. The van der Waals surface area contributed by atoms with Crippen molar-refractivity contribution in [3.8, 4) is 0 Å². The zero-order valence-electron chi connectivity index (χ0n) is 15.6. The van der Waals surface area contributed by atoms with Gasteiger partial charge in [-0.15, -0.1) is 0 Å². The second kappa shape index (κ2) is 7.25. The Hall–Kier alpha value is -3.64. The fraction of sp³-hybridized carbons (Fsp3) is 0.222. The number of nitrogens with one attached hydrogen (secondary N) is 1. The lowest BCUT2D eigenvalue weighted by Crippen LogP contribution is -2.49. The monoisotopic (exact) mass is 445 g/mol. The lowest BCUT2D eigenvalue weighted by molar-refractivity contribution is -0.138. The maximum Gasteiger partial charge on any atom is 0.419 e. The van der Waals surface area contributed by atoms with E-state index < -0.39 is 58.1 Å². The van der Waals surface area contributed by atoms with Crippen LogP contribution in [0.15, 0.2) is 47.9 Å². The van der Waals surface area contributed by atoms with Crippen LogP contribution in [0.2, 0.25) is 0 Å². The van der Waals surface area contributed by atoms with Crippen molar-refractivity contribution >= 4 is 17.6 Å². The van der Waals surface area contributed by atoms with E-state index in [1.54, 1.807) is 0 Å². The number of alkyl halides is 5. The quantitative estimate of drug-likeness (QED) is 0.703. The number of carbonyl (C=O) groups excluding carboxylic acids is 1. The Labute approximate surface area is 170 Å². The summed E-state index contributed by atoms with van der Waals surface area (Å²) in [6, 6.07) is 2.05. The lowest BCUT2D eigenvalue weighted by Gasteiger charge is -2.38. The van der Waals surface area contributed by atoms with E-state index in [2.05, 4.69) is 31.6 Å². The summed E-state index contributed by atoms with van der Waals surface area (Å²) in [5.41, 5.74) is 0.854. The molecule has 2 aromatic rings. The van der Waals surface area contributed by atoms with Gasteiger partial charge in [-0.3, -0.25) is 4.79 Å². The van der Waals surface area contributed by atoms with Crippen LogP contribution in [0.3, 0.4) is 0 Å². The molecule has 1 aliphatic heterocycles.